The number of nitrogens with one attached hydrogen (secondary N) is 1. The van der Waals surface area contributed by atoms with E-state index in [1.165, 1.54) is 0 Å². The number of allylic oxidation sites excluding steroid dienone is 1. The van der Waals surface area contributed by atoms with Crippen LogP contribution in [0.5, 0.6) is 0 Å². The third-order valence-electron chi connectivity index (χ3n) is 4.52. The standard InChI is InChI=1S/C19H17N3O2/c1-10-16-11(2)18(19(24)20-7-8-23)22-15(16)9-13-12-5-3-4-6-14(12)21-17(10)13/h3-6,9,23H,7-8H2,1-2H3,(H,20,24). The minimum atomic E-state index is -0.255. The van der Waals surface area contributed by atoms with E-state index in [0.29, 0.717) is 5.70 Å². The molecule has 5 nitrogen and oxygen atoms in total. The number of aliphatic hydroxyl groups excluding tert-OH is 1. The molecule has 0 unspecified atom stereocenters. The van der Waals surface area contributed by atoms with Gasteiger partial charge in [0.05, 0.1) is 23.0 Å². The molecule has 2 aromatic carbocycles. The van der Waals surface area contributed by atoms with Gasteiger partial charge in [0.1, 0.15) is 5.70 Å². The zero-order valence-electron chi connectivity index (χ0n) is 13.6. The maximum atomic E-state index is 12.2. The van der Waals surface area contributed by atoms with Crippen LogP contribution in [0.4, 0.5) is 5.69 Å². The smallest absolute Gasteiger partial charge is 0.270 e. The maximum absolute atomic E-state index is 12.2. The van der Waals surface area contributed by atoms with E-state index in [-0.39, 0.29) is 19.1 Å². The molecule has 2 aliphatic heterocycles. The van der Waals surface area contributed by atoms with Crippen LogP contribution in [0.15, 0.2) is 46.0 Å². The Balaban J connectivity index is 1.88. The highest BCUT2D eigenvalue weighted by Crippen LogP contribution is 2.34. The van der Waals surface area contributed by atoms with Gasteiger partial charge in [0.15, 0.2) is 0 Å². The van der Waals surface area contributed by atoms with Crippen LogP contribution in [0, 0.1) is 6.92 Å². The Hall–Kier alpha value is -2.79. The maximum Gasteiger partial charge on any atom is 0.270 e. The van der Waals surface area contributed by atoms with E-state index in [2.05, 4.69) is 16.4 Å². The summed E-state index contributed by atoms with van der Waals surface area (Å²) >= 11 is 0. The number of hydrogen-bond donors (Lipinski definition) is 2. The first-order valence-electron chi connectivity index (χ1n) is 7.92. The van der Waals surface area contributed by atoms with Crippen molar-refractivity contribution in [1.82, 2.24) is 5.32 Å². The number of amides is 1. The molecule has 2 N–H and O–H groups in total. The lowest BCUT2D eigenvalue weighted by atomic mass is 9.96. The molecule has 24 heavy (non-hydrogen) atoms. The number of carbonyl (C=O) groups is 1. The van der Waals surface area contributed by atoms with Gasteiger partial charge in [-0.25, -0.2) is 9.98 Å². The number of rotatable bonds is 3. The predicted octanol–water partition coefficient (Wildman–Crippen LogP) is 1.40. The second-order valence-electron chi connectivity index (χ2n) is 5.99. The van der Waals surface area contributed by atoms with Gasteiger partial charge in [0.2, 0.25) is 0 Å². The number of hydrogen-bond acceptors (Lipinski definition) is 4. The van der Waals surface area contributed by atoms with Crippen molar-refractivity contribution in [3.8, 4) is 11.1 Å². The van der Waals surface area contributed by atoms with Crippen molar-refractivity contribution in [2.75, 3.05) is 13.2 Å². The summed E-state index contributed by atoms with van der Waals surface area (Å²) in [6.45, 7) is 4.07. The van der Waals surface area contributed by atoms with Crippen molar-refractivity contribution in [3.63, 3.8) is 0 Å². The van der Waals surface area contributed by atoms with Gasteiger partial charge in [0, 0.05) is 23.2 Å². The fourth-order valence-electron chi connectivity index (χ4n) is 3.42. The summed E-state index contributed by atoms with van der Waals surface area (Å²) in [7, 11) is 0. The Kier molecular flexibility index (Phi) is 3.32. The number of aliphatic hydroxyl groups is 1. The molecular weight excluding hydrogens is 302 g/mol. The summed E-state index contributed by atoms with van der Waals surface area (Å²) in [5.41, 5.74) is 6.44. The van der Waals surface area contributed by atoms with Crippen LogP contribution in [-0.4, -0.2) is 24.2 Å². The van der Waals surface area contributed by atoms with Gasteiger partial charge in [-0.3, -0.25) is 4.79 Å². The van der Waals surface area contributed by atoms with Crippen LogP contribution in [0.3, 0.4) is 0 Å². The Morgan fingerprint density at radius 1 is 1.17 bits per heavy atom. The fourth-order valence-corrected chi connectivity index (χ4v) is 3.42. The van der Waals surface area contributed by atoms with Crippen LogP contribution < -0.4 is 16.0 Å². The van der Waals surface area contributed by atoms with Gasteiger partial charge in [-0.2, -0.15) is 0 Å². The van der Waals surface area contributed by atoms with Crippen LogP contribution in [-0.2, 0) is 4.79 Å². The number of fused-ring (bicyclic) bond motifs is 4. The second kappa shape index (κ2) is 5.39. The third kappa shape index (κ3) is 2.02. The molecule has 4 rings (SSSR count). The minimum absolute atomic E-state index is 0.0893. The Morgan fingerprint density at radius 3 is 2.75 bits per heavy atom. The molecule has 0 fully saturated rings. The average Bonchev–Trinajstić information content (AvgIpc) is 3.12. The van der Waals surface area contributed by atoms with Gasteiger partial charge >= 0.3 is 0 Å². The lowest BCUT2D eigenvalue weighted by Gasteiger charge is -2.06. The molecule has 1 amide bonds. The monoisotopic (exact) mass is 319 g/mol. The first-order valence-corrected chi connectivity index (χ1v) is 7.92. The van der Waals surface area contributed by atoms with E-state index in [4.69, 9.17) is 10.1 Å². The number of para-hydroxylation sites is 1. The molecule has 0 spiro atoms. The summed E-state index contributed by atoms with van der Waals surface area (Å²) in [6, 6.07) is 10.1. The van der Waals surface area contributed by atoms with Gasteiger partial charge in [-0.05, 0) is 37.1 Å². The van der Waals surface area contributed by atoms with Gasteiger partial charge in [0.25, 0.3) is 5.91 Å². The van der Waals surface area contributed by atoms with Crippen molar-refractivity contribution in [2.45, 2.75) is 13.8 Å². The number of carbonyl (C=O) groups excluding carboxylic acids is 1. The van der Waals surface area contributed by atoms with Gasteiger partial charge in [-0.1, -0.05) is 18.2 Å². The van der Waals surface area contributed by atoms with Crippen LogP contribution in [0.2, 0.25) is 0 Å². The van der Waals surface area contributed by atoms with E-state index in [1.807, 2.05) is 38.1 Å². The molecule has 0 aliphatic carbocycles. The Labute approximate surface area is 139 Å². The van der Waals surface area contributed by atoms with E-state index >= 15 is 0 Å². The predicted molar refractivity (Wildman–Crippen MR) is 91.3 cm³/mol. The summed E-state index contributed by atoms with van der Waals surface area (Å²) in [4.78, 5) is 21.5. The lowest BCUT2D eigenvalue weighted by molar-refractivity contribution is -0.117. The van der Waals surface area contributed by atoms with Crippen molar-refractivity contribution in [2.24, 2.45) is 9.98 Å². The SMILES string of the molecule is CC1=C(C(=O)NCCO)N=c2cc3c(c(C)c21)=Nc1ccccc1-3. The highest BCUT2D eigenvalue weighted by molar-refractivity contribution is 6.02. The lowest BCUT2D eigenvalue weighted by Crippen LogP contribution is -2.27. The highest BCUT2D eigenvalue weighted by Gasteiger charge is 2.25. The minimum Gasteiger partial charge on any atom is -0.395 e. The van der Waals surface area contributed by atoms with Gasteiger partial charge < -0.3 is 10.4 Å². The first kappa shape index (κ1) is 14.8. The molecule has 0 saturated heterocycles. The first-order chi connectivity index (χ1) is 11.6. The highest BCUT2D eigenvalue weighted by atomic mass is 16.3. The van der Waals surface area contributed by atoms with Crippen molar-refractivity contribution < 1.29 is 9.90 Å². The Bertz CT molecular complexity index is 1040. The normalized spacial score (nSPS) is 13.8. The summed E-state index contributed by atoms with van der Waals surface area (Å²) in [5.74, 6) is -0.255. The number of benzene rings is 2. The molecule has 2 heterocycles. The Morgan fingerprint density at radius 2 is 1.96 bits per heavy atom. The fraction of sp³-hybridized carbons (Fsp3) is 0.211. The second-order valence-corrected chi connectivity index (χ2v) is 5.99. The van der Waals surface area contributed by atoms with Crippen LogP contribution in [0.25, 0.3) is 16.7 Å². The summed E-state index contributed by atoms with van der Waals surface area (Å²) < 4.78 is 0. The largest absolute Gasteiger partial charge is 0.395 e. The van der Waals surface area contributed by atoms with Crippen LogP contribution in [0.1, 0.15) is 18.1 Å². The molecule has 0 saturated carbocycles. The van der Waals surface area contributed by atoms with Crippen molar-refractivity contribution >= 4 is 17.2 Å². The molecule has 2 aliphatic rings. The summed E-state index contributed by atoms with van der Waals surface area (Å²) in [5, 5.41) is 13.3. The topological polar surface area (TPSA) is 74.0 Å². The van der Waals surface area contributed by atoms with Crippen molar-refractivity contribution in [3.05, 3.63) is 57.9 Å². The molecule has 5 heteroatoms. The molecule has 0 aromatic heterocycles. The molecule has 0 atom stereocenters. The molecular formula is C19H17N3O2. The third-order valence-corrected chi connectivity index (χ3v) is 4.52. The van der Waals surface area contributed by atoms with Crippen molar-refractivity contribution in [1.29, 1.82) is 0 Å². The zero-order valence-corrected chi connectivity index (χ0v) is 13.6. The van der Waals surface area contributed by atoms with E-state index < -0.39 is 0 Å². The molecule has 120 valence electrons. The van der Waals surface area contributed by atoms with E-state index in [9.17, 15) is 4.79 Å². The quantitative estimate of drug-likeness (QED) is 0.766. The molecule has 0 bridgehead atoms. The average molecular weight is 319 g/mol. The number of nitrogens with zero attached hydrogens (tertiary/aromatic N) is 2. The van der Waals surface area contributed by atoms with E-state index in [0.717, 1.165) is 44.2 Å². The van der Waals surface area contributed by atoms with E-state index in [1.54, 1.807) is 0 Å². The van der Waals surface area contributed by atoms with Gasteiger partial charge in [-0.15, -0.1) is 0 Å². The molecule has 0 radical (unpaired) electrons. The zero-order chi connectivity index (χ0) is 16.8. The molecule has 2 aromatic rings. The summed E-state index contributed by atoms with van der Waals surface area (Å²) in [6.07, 6.45) is 0. The van der Waals surface area contributed by atoms with Crippen LogP contribution >= 0.6 is 0 Å².